The van der Waals surface area contributed by atoms with Gasteiger partial charge in [0, 0.05) is 23.6 Å². The van der Waals surface area contributed by atoms with Crippen LogP contribution in [0.4, 0.5) is 0 Å². The first-order valence-electron chi connectivity index (χ1n) is 11.5. The van der Waals surface area contributed by atoms with Crippen molar-refractivity contribution in [3.8, 4) is 23.3 Å². The van der Waals surface area contributed by atoms with E-state index in [0.717, 1.165) is 43.2 Å². The van der Waals surface area contributed by atoms with Crippen molar-refractivity contribution in [2.45, 2.75) is 12.6 Å². The maximum atomic E-state index is 9.92. The highest BCUT2D eigenvalue weighted by atomic mass is 79.9. The molecule has 1 N–H and O–H groups in total. The minimum atomic E-state index is -0.159. The van der Waals surface area contributed by atoms with Gasteiger partial charge in [-0.25, -0.2) is 4.98 Å². The Balaban J connectivity index is 1.58. The van der Waals surface area contributed by atoms with Crippen LogP contribution >= 0.6 is 15.9 Å². The fraction of sp³-hybridized carbons (Fsp3) is 0.100. The first kappa shape index (κ1) is 23.5. The third-order valence-electron chi connectivity index (χ3n) is 6.39. The number of nitrogens with zero attached hydrogens (tertiary/aromatic N) is 4. The van der Waals surface area contributed by atoms with Gasteiger partial charge < -0.3 is 9.88 Å². The van der Waals surface area contributed by atoms with Crippen molar-refractivity contribution in [1.82, 2.24) is 14.9 Å². The Labute approximate surface area is 218 Å². The van der Waals surface area contributed by atoms with Crippen LogP contribution in [0.15, 0.2) is 95.9 Å². The minimum Gasteiger partial charge on any atom is -0.336 e. The lowest BCUT2D eigenvalue weighted by atomic mass is 9.91. The molecule has 0 saturated carbocycles. The lowest BCUT2D eigenvalue weighted by molar-refractivity contribution is 0.573. The Morgan fingerprint density at radius 3 is 2.44 bits per heavy atom. The van der Waals surface area contributed by atoms with Crippen molar-refractivity contribution in [1.29, 1.82) is 10.5 Å². The van der Waals surface area contributed by atoms with E-state index in [0.29, 0.717) is 17.7 Å². The Bertz CT molecular complexity index is 1650. The molecular weight excluding hydrogens is 510 g/mol. The summed E-state index contributed by atoms with van der Waals surface area (Å²) in [6, 6.07) is 30.6. The molecule has 174 valence electrons. The number of hydrogen-bond acceptors (Lipinski definition) is 4. The minimum absolute atomic E-state index is 0.159. The molecular formula is C30H22BrN5. The lowest BCUT2D eigenvalue weighted by Crippen LogP contribution is -2.24. The molecule has 0 spiro atoms. The van der Waals surface area contributed by atoms with Gasteiger partial charge in [-0.05, 0) is 67.7 Å². The molecule has 0 amide bonds. The first-order valence-corrected chi connectivity index (χ1v) is 12.3. The molecule has 36 heavy (non-hydrogen) atoms. The second-order valence-electron chi connectivity index (χ2n) is 8.61. The SMILES string of the molecule is Cn1cncc1C(NCc1ccc(C#N)c(Br)c1)c1ccc(C#N)c(-c2cccc3ccccc23)c1. The van der Waals surface area contributed by atoms with Gasteiger partial charge in [0.25, 0.3) is 0 Å². The Hall–Kier alpha value is -4.23. The van der Waals surface area contributed by atoms with E-state index in [1.807, 2.05) is 66.3 Å². The van der Waals surface area contributed by atoms with Crippen LogP contribution in [0.25, 0.3) is 21.9 Å². The number of halogens is 1. The van der Waals surface area contributed by atoms with Crippen LogP contribution in [-0.2, 0) is 13.6 Å². The number of nitriles is 2. The van der Waals surface area contributed by atoms with Gasteiger partial charge in [0.15, 0.2) is 0 Å². The van der Waals surface area contributed by atoms with Crippen LogP contribution in [0.1, 0.15) is 34.0 Å². The van der Waals surface area contributed by atoms with Crippen molar-refractivity contribution >= 4 is 26.7 Å². The molecule has 5 aromatic rings. The highest BCUT2D eigenvalue weighted by Gasteiger charge is 2.20. The highest BCUT2D eigenvalue weighted by Crippen LogP contribution is 2.34. The second-order valence-corrected chi connectivity index (χ2v) is 9.47. The van der Waals surface area contributed by atoms with Crippen molar-refractivity contribution in [2.24, 2.45) is 7.05 Å². The van der Waals surface area contributed by atoms with E-state index >= 15 is 0 Å². The summed E-state index contributed by atoms with van der Waals surface area (Å²) >= 11 is 3.49. The zero-order valence-corrected chi connectivity index (χ0v) is 21.2. The summed E-state index contributed by atoms with van der Waals surface area (Å²) in [6.45, 7) is 0.587. The maximum Gasteiger partial charge on any atom is 0.100 e. The van der Waals surface area contributed by atoms with E-state index < -0.39 is 0 Å². The lowest BCUT2D eigenvalue weighted by Gasteiger charge is -2.21. The normalized spacial score (nSPS) is 11.7. The van der Waals surface area contributed by atoms with Crippen molar-refractivity contribution in [3.63, 3.8) is 0 Å². The topological polar surface area (TPSA) is 77.4 Å². The van der Waals surface area contributed by atoms with Crippen LogP contribution in [-0.4, -0.2) is 9.55 Å². The van der Waals surface area contributed by atoms with Gasteiger partial charge in [-0.3, -0.25) is 0 Å². The number of benzene rings is 4. The highest BCUT2D eigenvalue weighted by molar-refractivity contribution is 9.10. The summed E-state index contributed by atoms with van der Waals surface area (Å²) in [5.41, 5.74) is 6.28. The van der Waals surface area contributed by atoms with Gasteiger partial charge in [-0.15, -0.1) is 0 Å². The summed E-state index contributed by atoms with van der Waals surface area (Å²) in [5.74, 6) is 0. The third-order valence-corrected chi connectivity index (χ3v) is 7.05. The van der Waals surface area contributed by atoms with E-state index in [1.165, 1.54) is 0 Å². The average molecular weight is 532 g/mol. The summed E-state index contributed by atoms with van der Waals surface area (Å²) in [5, 5.41) is 25.1. The summed E-state index contributed by atoms with van der Waals surface area (Å²) in [4.78, 5) is 4.34. The van der Waals surface area contributed by atoms with Gasteiger partial charge in [0.2, 0.25) is 0 Å². The molecule has 1 heterocycles. The number of rotatable bonds is 6. The Kier molecular flexibility index (Phi) is 6.64. The van der Waals surface area contributed by atoms with Crippen LogP contribution in [0.5, 0.6) is 0 Å². The zero-order chi connectivity index (χ0) is 25.1. The first-order chi connectivity index (χ1) is 17.6. The molecule has 1 atom stereocenters. The maximum absolute atomic E-state index is 9.92. The molecule has 1 aromatic heterocycles. The number of imidazole rings is 1. The van der Waals surface area contributed by atoms with Crippen molar-refractivity contribution in [2.75, 3.05) is 0 Å². The van der Waals surface area contributed by atoms with Crippen LogP contribution < -0.4 is 5.32 Å². The number of nitrogens with one attached hydrogen (secondary N) is 1. The van der Waals surface area contributed by atoms with Crippen LogP contribution in [0, 0.1) is 22.7 Å². The van der Waals surface area contributed by atoms with E-state index in [9.17, 15) is 10.5 Å². The largest absolute Gasteiger partial charge is 0.336 e. The van der Waals surface area contributed by atoms with Gasteiger partial charge in [0.1, 0.15) is 6.07 Å². The molecule has 1 unspecified atom stereocenters. The molecule has 0 aliphatic heterocycles. The van der Waals surface area contributed by atoms with E-state index in [-0.39, 0.29) is 6.04 Å². The molecule has 4 aromatic carbocycles. The fourth-order valence-electron chi connectivity index (χ4n) is 4.54. The van der Waals surface area contributed by atoms with Crippen LogP contribution in [0.3, 0.4) is 0 Å². The standard InChI is InChI=1S/C30H22BrN5/c1-36-19-34-18-29(36)30(35-17-20-9-10-24(16-33)28(31)13-20)22-11-12-23(15-32)27(14-22)26-8-4-6-21-5-2-3-7-25(21)26/h2-14,18-19,30,35H,17H2,1H3. The molecule has 0 radical (unpaired) electrons. The van der Waals surface area contributed by atoms with Crippen molar-refractivity contribution in [3.05, 3.63) is 124 Å². The van der Waals surface area contributed by atoms with Gasteiger partial charge >= 0.3 is 0 Å². The summed E-state index contributed by atoms with van der Waals surface area (Å²) in [7, 11) is 1.98. The molecule has 5 nitrogen and oxygen atoms in total. The molecule has 5 rings (SSSR count). The molecule has 0 aliphatic carbocycles. The second kappa shape index (κ2) is 10.2. The van der Waals surface area contributed by atoms with Gasteiger partial charge in [-0.2, -0.15) is 10.5 Å². The Morgan fingerprint density at radius 1 is 0.917 bits per heavy atom. The molecule has 0 fully saturated rings. The number of aryl methyl sites for hydroxylation is 1. The third kappa shape index (κ3) is 4.53. The fourth-order valence-corrected chi connectivity index (χ4v) is 5.05. The summed E-state index contributed by atoms with van der Waals surface area (Å²) in [6.07, 6.45) is 3.65. The van der Waals surface area contributed by atoms with E-state index in [4.69, 9.17) is 0 Å². The van der Waals surface area contributed by atoms with E-state index in [2.05, 4.69) is 68.7 Å². The molecule has 0 saturated heterocycles. The quantitative estimate of drug-likeness (QED) is 0.267. The summed E-state index contributed by atoms with van der Waals surface area (Å²) < 4.78 is 2.78. The van der Waals surface area contributed by atoms with Gasteiger partial charge in [-0.1, -0.05) is 54.6 Å². The molecule has 6 heteroatoms. The zero-order valence-electron chi connectivity index (χ0n) is 19.6. The number of aromatic nitrogens is 2. The monoisotopic (exact) mass is 531 g/mol. The van der Waals surface area contributed by atoms with Crippen LogP contribution in [0.2, 0.25) is 0 Å². The smallest absolute Gasteiger partial charge is 0.100 e. The molecule has 0 bridgehead atoms. The predicted octanol–water partition coefficient (Wildman–Crippen LogP) is 6.63. The molecule has 0 aliphatic rings. The van der Waals surface area contributed by atoms with E-state index in [1.54, 1.807) is 6.33 Å². The predicted molar refractivity (Wildman–Crippen MR) is 145 cm³/mol. The van der Waals surface area contributed by atoms with Gasteiger partial charge in [0.05, 0.1) is 41.5 Å². The number of fused-ring (bicyclic) bond motifs is 1. The Morgan fingerprint density at radius 2 is 1.69 bits per heavy atom. The average Bonchev–Trinajstić information content (AvgIpc) is 3.34. The number of hydrogen-bond donors (Lipinski definition) is 1. The van der Waals surface area contributed by atoms with Crippen molar-refractivity contribution < 1.29 is 0 Å².